The third-order valence-corrected chi connectivity index (χ3v) is 1.91. The number of amides is 1. The summed E-state index contributed by atoms with van der Waals surface area (Å²) in [6.07, 6.45) is 1.31. The highest BCUT2D eigenvalue weighted by Crippen LogP contribution is 2.00. The molecule has 0 saturated carbocycles. The molecule has 2 aromatic heterocycles. The summed E-state index contributed by atoms with van der Waals surface area (Å²) < 4.78 is 0. The standard InChI is InChI=1S/C5H4N2O4.C4H6N4O.ClH/c8-3-1-2(4(9)10)6-5(11)7-3;5-3-2(4(6)9)7-1-8-3;/h1H,(H,9,10)(H2,6,7,8,11);1H,5H2,(H2,6,9)(H,7,8);1H. The average molecular weight is 319 g/mol. The van der Waals surface area contributed by atoms with Gasteiger partial charge in [-0.2, -0.15) is 0 Å². The van der Waals surface area contributed by atoms with Gasteiger partial charge in [-0.05, 0) is 0 Å². The highest BCUT2D eigenvalue weighted by atomic mass is 35.5. The average Bonchev–Trinajstić information content (AvgIpc) is 2.75. The van der Waals surface area contributed by atoms with E-state index in [1.54, 1.807) is 0 Å². The number of hydrogen-bond acceptors (Lipinski definition) is 6. The molecule has 114 valence electrons. The maximum Gasteiger partial charge on any atom is 0.352 e. The van der Waals surface area contributed by atoms with Gasteiger partial charge in [0, 0.05) is 6.07 Å². The molecule has 0 radical (unpaired) electrons. The van der Waals surface area contributed by atoms with Gasteiger partial charge in [-0.15, -0.1) is 12.4 Å². The van der Waals surface area contributed by atoms with Crippen LogP contribution >= 0.6 is 12.4 Å². The van der Waals surface area contributed by atoms with Gasteiger partial charge in [0.2, 0.25) is 0 Å². The molecule has 0 aliphatic rings. The number of halogens is 1. The number of carbonyl (C=O) groups is 2. The van der Waals surface area contributed by atoms with Crippen LogP contribution in [0.1, 0.15) is 21.0 Å². The summed E-state index contributed by atoms with van der Waals surface area (Å²) in [6.45, 7) is 0. The zero-order chi connectivity index (χ0) is 15.3. The Kier molecular flexibility index (Phi) is 6.40. The number of primary amides is 1. The molecular weight excluding hydrogens is 308 g/mol. The van der Waals surface area contributed by atoms with Crippen LogP contribution in [-0.4, -0.2) is 36.9 Å². The second-order valence-corrected chi connectivity index (χ2v) is 3.33. The van der Waals surface area contributed by atoms with E-state index in [1.165, 1.54) is 6.33 Å². The number of nitrogens with two attached hydrogens (primary N) is 2. The van der Waals surface area contributed by atoms with Crippen LogP contribution in [0, 0.1) is 0 Å². The first-order valence-electron chi connectivity index (χ1n) is 4.97. The van der Waals surface area contributed by atoms with Crippen molar-refractivity contribution in [3.05, 3.63) is 44.6 Å². The zero-order valence-electron chi connectivity index (χ0n) is 10.2. The van der Waals surface area contributed by atoms with E-state index in [0.29, 0.717) is 0 Å². The van der Waals surface area contributed by atoms with Crippen LogP contribution in [0.25, 0.3) is 0 Å². The van der Waals surface area contributed by atoms with Crippen molar-refractivity contribution in [2.75, 3.05) is 5.73 Å². The van der Waals surface area contributed by atoms with Crippen molar-refractivity contribution < 1.29 is 14.7 Å². The fraction of sp³-hybridized carbons (Fsp3) is 0. The van der Waals surface area contributed by atoms with Crippen molar-refractivity contribution in [3.63, 3.8) is 0 Å². The number of rotatable bonds is 2. The van der Waals surface area contributed by atoms with Crippen LogP contribution in [0.3, 0.4) is 0 Å². The lowest BCUT2D eigenvalue weighted by Crippen LogP contribution is -2.24. The lowest BCUT2D eigenvalue weighted by molar-refractivity contribution is 0.0689. The predicted octanol–water partition coefficient (Wildman–Crippen LogP) is -1.73. The first-order chi connectivity index (χ1) is 9.31. The molecule has 0 fully saturated rings. The molecule has 2 rings (SSSR count). The third-order valence-electron chi connectivity index (χ3n) is 1.91. The van der Waals surface area contributed by atoms with Crippen LogP contribution < -0.4 is 22.7 Å². The second-order valence-electron chi connectivity index (χ2n) is 3.33. The summed E-state index contributed by atoms with van der Waals surface area (Å²) in [5.41, 5.74) is 8.26. The quantitative estimate of drug-likeness (QED) is 0.377. The molecule has 2 aromatic rings. The van der Waals surface area contributed by atoms with E-state index in [-0.39, 0.29) is 23.9 Å². The molecule has 0 unspecified atom stereocenters. The lowest BCUT2D eigenvalue weighted by Gasteiger charge is -1.89. The monoisotopic (exact) mass is 318 g/mol. The fourth-order valence-corrected chi connectivity index (χ4v) is 1.09. The number of carboxylic acids is 1. The van der Waals surface area contributed by atoms with Gasteiger partial charge >= 0.3 is 11.7 Å². The fourth-order valence-electron chi connectivity index (χ4n) is 1.09. The Morgan fingerprint density at radius 2 is 1.86 bits per heavy atom. The summed E-state index contributed by atoms with van der Waals surface area (Å²) in [5.74, 6) is -1.79. The number of carbonyl (C=O) groups excluding carboxylic acids is 1. The Labute approximate surface area is 121 Å². The first kappa shape index (κ1) is 17.9. The van der Waals surface area contributed by atoms with E-state index in [2.05, 4.69) is 9.97 Å². The van der Waals surface area contributed by atoms with Crippen LogP contribution in [0.15, 0.2) is 22.0 Å². The number of anilines is 1. The maximum absolute atomic E-state index is 10.5. The summed E-state index contributed by atoms with van der Waals surface area (Å²) >= 11 is 0. The topological polar surface area (TPSA) is 201 Å². The summed E-state index contributed by atoms with van der Waals surface area (Å²) in [7, 11) is 0. The summed E-state index contributed by atoms with van der Waals surface area (Å²) in [4.78, 5) is 51.3. The normalized spacial score (nSPS) is 8.95. The van der Waals surface area contributed by atoms with Gasteiger partial charge < -0.3 is 26.5 Å². The molecule has 0 saturated heterocycles. The molecule has 21 heavy (non-hydrogen) atoms. The number of nitrogens with one attached hydrogen (secondary N) is 3. The van der Waals surface area contributed by atoms with E-state index >= 15 is 0 Å². The van der Waals surface area contributed by atoms with Crippen molar-refractivity contribution >= 4 is 30.1 Å². The largest absolute Gasteiger partial charge is 0.477 e. The van der Waals surface area contributed by atoms with Crippen molar-refractivity contribution in [2.24, 2.45) is 5.73 Å². The number of aromatic nitrogens is 4. The van der Waals surface area contributed by atoms with Crippen LogP contribution in [-0.2, 0) is 0 Å². The van der Waals surface area contributed by atoms with Gasteiger partial charge in [-0.25, -0.2) is 14.6 Å². The van der Waals surface area contributed by atoms with Crippen LogP contribution in [0.4, 0.5) is 5.82 Å². The Bertz CT molecular complexity index is 719. The van der Waals surface area contributed by atoms with Gasteiger partial charge in [0.15, 0.2) is 5.82 Å². The van der Waals surface area contributed by atoms with Gasteiger partial charge in [-0.1, -0.05) is 0 Å². The Hall–Kier alpha value is -3.08. The minimum absolute atomic E-state index is 0. The summed E-state index contributed by atoms with van der Waals surface area (Å²) in [6, 6.07) is 0.795. The second kappa shape index (κ2) is 7.49. The molecule has 2 heterocycles. The Morgan fingerprint density at radius 3 is 2.19 bits per heavy atom. The molecule has 0 atom stereocenters. The van der Waals surface area contributed by atoms with Gasteiger partial charge in [-0.3, -0.25) is 14.6 Å². The molecule has 8 N–H and O–H groups in total. The van der Waals surface area contributed by atoms with Gasteiger partial charge in [0.25, 0.3) is 11.5 Å². The number of aromatic carboxylic acids is 1. The van der Waals surface area contributed by atoms with E-state index in [9.17, 15) is 19.2 Å². The highest BCUT2D eigenvalue weighted by Gasteiger charge is 2.05. The minimum Gasteiger partial charge on any atom is -0.477 e. The molecule has 12 heteroatoms. The number of imidazole rings is 1. The number of nitrogen functional groups attached to an aromatic ring is 1. The van der Waals surface area contributed by atoms with Crippen molar-refractivity contribution in [1.29, 1.82) is 0 Å². The first-order valence-corrected chi connectivity index (χ1v) is 4.97. The van der Waals surface area contributed by atoms with E-state index in [4.69, 9.17) is 16.6 Å². The lowest BCUT2D eigenvalue weighted by atomic mass is 10.4. The minimum atomic E-state index is -1.34. The smallest absolute Gasteiger partial charge is 0.352 e. The molecule has 1 amide bonds. The Balaban J connectivity index is 0.000000370. The van der Waals surface area contributed by atoms with Crippen LogP contribution in [0.5, 0.6) is 0 Å². The van der Waals surface area contributed by atoms with E-state index in [0.717, 1.165) is 6.07 Å². The summed E-state index contributed by atoms with van der Waals surface area (Å²) in [5, 5.41) is 8.31. The van der Waals surface area contributed by atoms with Crippen molar-refractivity contribution in [1.82, 2.24) is 19.9 Å². The molecule has 0 bridgehead atoms. The van der Waals surface area contributed by atoms with Gasteiger partial charge in [0.05, 0.1) is 6.33 Å². The molecule has 0 aliphatic carbocycles. The maximum atomic E-state index is 10.5. The number of aromatic amines is 3. The number of hydrogen-bond donors (Lipinski definition) is 6. The molecule has 0 spiro atoms. The number of nitrogens with zero attached hydrogens (tertiary/aromatic N) is 1. The van der Waals surface area contributed by atoms with Crippen LogP contribution in [0.2, 0.25) is 0 Å². The van der Waals surface area contributed by atoms with E-state index in [1.807, 2.05) is 9.97 Å². The SMILES string of the molecule is Cl.NC(=O)c1[nH]cnc1N.O=C(O)c1cc(=O)[nH]c(=O)[nH]1. The number of H-pyrrole nitrogens is 3. The highest BCUT2D eigenvalue weighted by molar-refractivity contribution is 5.94. The van der Waals surface area contributed by atoms with Crippen molar-refractivity contribution in [3.8, 4) is 0 Å². The molecule has 0 aliphatic heterocycles. The molecule has 0 aromatic carbocycles. The molecule has 11 nitrogen and oxygen atoms in total. The van der Waals surface area contributed by atoms with E-state index < -0.39 is 28.8 Å². The Morgan fingerprint density at radius 1 is 1.24 bits per heavy atom. The number of carboxylic acid groups (broad SMARTS) is 1. The molecular formula is C9H11ClN6O5. The van der Waals surface area contributed by atoms with Crippen molar-refractivity contribution in [2.45, 2.75) is 0 Å². The van der Waals surface area contributed by atoms with Gasteiger partial charge in [0.1, 0.15) is 11.4 Å². The predicted molar refractivity (Wildman–Crippen MR) is 73.4 cm³/mol. The zero-order valence-corrected chi connectivity index (χ0v) is 11.1. The third kappa shape index (κ3) is 5.20.